The summed E-state index contributed by atoms with van der Waals surface area (Å²) in [7, 11) is 0. The fraction of sp³-hybridized carbons (Fsp3) is 0. The van der Waals surface area contributed by atoms with Crippen molar-refractivity contribution in [3.05, 3.63) is 86.3 Å². The summed E-state index contributed by atoms with van der Waals surface area (Å²) in [5.41, 5.74) is 0. The molecule has 3 nitrogen and oxygen atoms in total. The zero-order valence-electron chi connectivity index (χ0n) is 10.6. The van der Waals surface area contributed by atoms with Crippen molar-refractivity contribution in [2.24, 2.45) is 0 Å². The van der Waals surface area contributed by atoms with Gasteiger partial charge in [0.2, 0.25) is 0 Å². The Morgan fingerprint density at radius 3 is 1.11 bits per heavy atom. The topological polar surface area (TPSA) is 49.7 Å². The number of benzene rings is 2. The molecular weight excluding hydrogens is 240 g/mol. The van der Waals surface area contributed by atoms with E-state index in [-0.39, 0.29) is 0 Å². The Morgan fingerprint density at radius 2 is 1.00 bits per heavy atom. The number of hydrogen-bond donors (Lipinski definition) is 2. The van der Waals surface area contributed by atoms with Gasteiger partial charge in [0.15, 0.2) is 0 Å². The molecule has 0 radical (unpaired) electrons. The van der Waals surface area contributed by atoms with Crippen molar-refractivity contribution in [3.8, 4) is 11.5 Å². The summed E-state index contributed by atoms with van der Waals surface area (Å²) in [6, 6.07) is 17.4. The number of aromatic hydroxyl groups is 2. The van der Waals surface area contributed by atoms with Crippen molar-refractivity contribution < 1.29 is 14.9 Å². The number of para-hydroxylation sites is 2. The predicted molar refractivity (Wildman–Crippen MR) is 77.7 cm³/mol. The summed E-state index contributed by atoms with van der Waals surface area (Å²) in [5, 5.41) is 17.3. The van der Waals surface area contributed by atoms with Gasteiger partial charge in [-0.1, -0.05) is 49.6 Å². The van der Waals surface area contributed by atoms with Crippen LogP contribution in [-0.2, 0) is 4.74 Å². The third-order valence-corrected chi connectivity index (χ3v) is 1.70. The quantitative estimate of drug-likeness (QED) is 0.798. The minimum atomic E-state index is 0.322. The molecule has 100 valence electrons. The van der Waals surface area contributed by atoms with E-state index in [9.17, 15) is 0 Å². The predicted octanol–water partition coefficient (Wildman–Crippen LogP) is 4.07. The zero-order valence-corrected chi connectivity index (χ0v) is 10.6. The SMILES string of the molecule is C=COC=C.Oc1ccccc1.Oc1ccccc1. The second-order valence-electron chi connectivity index (χ2n) is 3.14. The van der Waals surface area contributed by atoms with Gasteiger partial charge in [-0.05, 0) is 24.3 Å². The largest absolute Gasteiger partial charge is 0.508 e. The van der Waals surface area contributed by atoms with Crippen LogP contribution in [-0.4, -0.2) is 10.2 Å². The molecule has 0 amide bonds. The molecule has 19 heavy (non-hydrogen) atoms. The number of rotatable bonds is 2. The van der Waals surface area contributed by atoms with Crippen LogP contribution in [0.4, 0.5) is 0 Å². The fourth-order valence-corrected chi connectivity index (χ4v) is 0.924. The lowest BCUT2D eigenvalue weighted by Crippen LogP contribution is -1.56. The van der Waals surface area contributed by atoms with Crippen molar-refractivity contribution in [2.75, 3.05) is 0 Å². The van der Waals surface area contributed by atoms with Crippen LogP contribution in [0, 0.1) is 0 Å². The first-order valence-electron chi connectivity index (χ1n) is 5.56. The first-order chi connectivity index (χ1) is 9.20. The van der Waals surface area contributed by atoms with Gasteiger partial charge in [-0.25, -0.2) is 0 Å². The fourth-order valence-electron chi connectivity index (χ4n) is 0.924. The van der Waals surface area contributed by atoms with Crippen molar-refractivity contribution in [2.45, 2.75) is 0 Å². The van der Waals surface area contributed by atoms with E-state index in [4.69, 9.17) is 10.2 Å². The Bertz CT molecular complexity index is 395. The van der Waals surface area contributed by atoms with Crippen LogP contribution in [0.25, 0.3) is 0 Å². The maximum Gasteiger partial charge on any atom is 0.115 e. The lowest BCUT2D eigenvalue weighted by atomic mass is 10.3. The van der Waals surface area contributed by atoms with Crippen LogP contribution in [0.3, 0.4) is 0 Å². The molecule has 0 unspecified atom stereocenters. The smallest absolute Gasteiger partial charge is 0.115 e. The van der Waals surface area contributed by atoms with Gasteiger partial charge in [-0.15, -0.1) is 0 Å². The molecule has 0 fully saturated rings. The zero-order chi connectivity index (χ0) is 14.3. The molecule has 2 aromatic rings. The van der Waals surface area contributed by atoms with Gasteiger partial charge in [-0.2, -0.15) is 0 Å². The lowest BCUT2D eigenvalue weighted by Gasteiger charge is -1.82. The summed E-state index contributed by atoms with van der Waals surface area (Å²) >= 11 is 0. The van der Waals surface area contributed by atoms with Crippen molar-refractivity contribution >= 4 is 0 Å². The molecule has 0 spiro atoms. The third kappa shape index (κ3) is 11.6. The first-order valence-corrected chi connectivity index (χ1v) is 5.56. The van der Waals surface area contributed by atoms with Crippen molar-refractivity contribution in [1.29, 1.82) is 0 Å². The molecule has 2 aromatic carbocycles. The normalized spacial score (nSPS) is 7.79. The van der Waals surface area contributed by atoms with E-state index in [2.05, 4.69) is 17.9 Å². The van der Waals surface area contributed by atoms with Crippen LogP contribution in [0.5, 0.6) is 11.5 Å². The van der Waals surface area contributed by atoms with Crippen LogP contribution >= 0.6 is 0 Å². The highest BCUT2D eigenvalue weighted by Gasteiger charge is 1.75. The average molecular weight is 258 g/mol. The first kappa shape index (κ1) is 16.3. The van der Waals surface area contributed by atoms with Gasteiger partial charge in [0, 0.05) is 0 Å². The van der Waals surface area contributed by atoms with Gasteiger partial charge in [0.05, 0.1) is 12.5 Å². The molecule has 0 heterocycles. The van der Waals surface area contributed by atoms with E-state index >= 15 is 0 Å². The van der Waals surface area contributed by atoms with Crippen LogP contribution in [0.1, 0.15) is 0 Å². The van der Waals surface area contributed by atoms with Crippen LogP contribution in [0.15, 0.2) is 86.3 Å². The maximum absolute atomic E-state index is 8.63. The summed E-state index contributed by atoms with van der Waals surface area (Å²) in [6.07, 6.45) is 2.62. The molecule has 0 bridgehead atoms. The van der Waals surface area contributed by atoms with Gasteiger partial charge >= 0.3 is 0 Å². The van der Waals surface area contributed by atoms with E-state index in [1.54, 1.807) is 48.5 Å². The number of hydrogen-bond acceptors (Lipinski definition) is 3. The molecule has 0 aliphatic carbocycles. The van der Waals surface area contributed by atoms with Gasteiger partial charge < -0.3 is 14.9 Å². The Kier molecular flexibility index (Phi) is 10.1. The molecule has 2 rings (SSSR count). The van der Waals surface area contributed by atoms with E-state index in [1.807, 2.05) is 12.1 Å². The van der Waals surface area contributed by atoms with Crippen molar-refractivity contribution in [1.82, 2.24) is 0 Å². The van der Waals surface area contributed by atoms with Gasteiger partial charge in [0.1, 0.15) is 11.5 Å². The van der Waals surface area contributed by atoms with Gasteiger partial charge in [-0.3, -0.25) is 0 Å². The summed E-state index contributed by atoms with van der Waals surface area (Å²) in [6.45, 7) is 6.51. The lowest BCUT2D eigenvalue weighted by molar-refractivity contribution is 0.406. The van der Waals surface area contributed by atoms with Crippen LogP contribution in [0.2, 0.25) is 0 Å². The maximum atomic E-state index is 8.63. The highest BCUT2D eigenvalue weighted by molar-refractivity contribution is 5.19. The molecule has 0 aliphatic rings. The average Bonchev–Trinajstić information content (AvgIpc) is 2.43. The molecule has 0 atom stereocenters. The molecule has 0 saturated heterocycles. The Balaban J connectivity index is 0.000000261. The Labute approximate surface area is 113 Å². The highest BCUT2D eigenvalue weighted by atomic mass is 16.5. The number of ether oxygens (including phenoxy) is 1. The summed E-state index contributed by atoms with van der Waals surface area (Å²) in [5.74, 6) is 0.644. The number of phenols is 2. The summed E-state index contributed by atoms with van der Waals surface area (Å²) in [4.78, 5) is 0. The van der Waals surface area contributed by atoms with Crippen molar-refractivity contribution in [3.63, 3.8) is 0 Å². The van der Waals surface area contributed by atoms with Crippen LogP contribution < -0.4 is 0 Å². The molecule has 3 heteroatoms. The minimum Gasteiger partial charge on any atom is -0.508 e. The van der Waals surface area contributed by atoms with E-state index in [1.165, 1.54) is 12.5 Å². The second-order valence-corrected chi connectivity index (χ2v) is 3.14. The Morgan fingerprint density at radius 1 is 0.684 bits per heavy atom. The molecule has 0 aliphatic heterocycles. The highest BCUT2D eigenvalue weighted by Crippen LogP contribution is 2.03. The van der Waals surface area contributed by atoms with E-state index < -0.39 is 0 Å². The third-order valence-electron chi connectivity index (χ3n) is 1.70. The number of phenolic OH excluding ortho intramolecular Hbond substituents is 2. The van der Waals surface area contributed by atoms with E-state index in [0.29, 0.717) is 11.5 Å². The van der Waals surface area contributed by atoms with Gasteiger partial charge in [0.25, 0.3) is 0 Å². The second kappa shape index (κ2) is 11.8. The monoisotopic (exact) mass is 258 g/mol. The molecule has 0 aromatic heterocycles. The Hall–Kier alpha value is -2.68. The standard InChI is InChI=1S/2C6H6O.C4H6O/c2*7-6-4-2-1-3-5-6;1-3-5-4-2/h2*1-5,7H;3-4H,1-2H2. The molecule has 0 saturated carbocycles. The minimum absolute atomic E-state index is 0.322. The molecule has 2 N–H and O–H groups in total. The summed E-state index contributed by atoms with van der Waals surface area (Å²) < 4.78 is 4.36. The van der Waals surface area contributed by atoms with E-state index in [0.717, 1.165) is 0 Å². The molecular formula is C16H18O3.